The molecule has 1 N–H and O–H groups in total. The SMILES string of the molecule is COC1CCN(Cc2nc(C(=O)O)co2)C1. The molecule has 2 heterocycles. The van der Waals surface area contributed by atoms with E-state index in [0.29, 0.717) is 12.4 Å². The van der Waals surface area contributed by atoms with Crippen LogP contribution in [0.3, 0.4) is 0 Å². The van der Waals surface area contributed by atoms with Crippen LogP contribution in [0.15, 0.2) is 10.7 Å². The van der Waals surface area contributed by atoms with Gasteiger partial charge in [0.2, 0.25) is 5.89 Å². The maximum Gasteiger partial charge on any atom is 0.357 e. The summed E-state index contributed by atoms with van der Waals surface area (Å²) >= 11 is 0. The number of nitrogens with zero attached hydrogens (tertiary/aromatic N) is 2. The first-order valence-corrected chi connectivity index (χ1v) is 5.12. The lowest BCUT2D eigenvalue weighted by Gasteiger charge is -2.12. The van der Waals surface area contributed by atoms with E-state index in [1.165, 1.54) is 6.26 Å². The smallest absolute Gasteiger partial charge is 0.357 e. The van der Waals surface area contributed by atoms with Gasteiger partial charge in [-0.2, -0.15) is 0 Å². The number of carboxylic acid groups (broad SMARTS) is 1. The highest BCUT2D eigenvalue weighted by Gasteiger charge is 2.23. The van der Waals surface area contributed by atoms with Gasteiger partial charge in [-0.05, 0) is 6.42 Å². The molecule has 1 aromatic rings. The van der Waals surface area contributed by atoms with Crippen molar-refractivity contribution >= 4 is 5.97 Å². The summed E-state index contributed by atoms with van der Waals surface area (Å²) in [6, 6.07) is 0. The molecule has 2 rings (SSSR count). The van der Waals surface area contributed by atoms with Crippen molar-refractivity contribution in [3.8, 4) is 0 Å². The number of aromatic nitrogens is 1. The van der Waals surface area contributed by atoms with Crippen molar-refractivity contribution in [1.82, 2.24) is 9.88 Å². The van der Waals surface area contributed by atoms with Crippen molar-refractivity contribution in [3.05, 3.63) is 17.8 Å². The zero-order valence-corrected chi connectivity index (χ0v) is 9.05. The van der Waals surface area contributed by atoms with E-state index in [0.717, 1.165) is 19.5 Å². The second kappa shape index (κ2) is 4.63. The molecule has 1 atom stereocenters. The van der Waals surface area contributed by atoms with Crippen molar-refractivity contribution < 1.29 is 19.1 Å². The molecule has 1 saturated heterocycles. The van der Waals surface area contributed by atoms with E-state index in [4.69, 9.17) is 14.3 Å². The van der Waals surface area contributed by atoms with Gasteiger partial charge in [0.25, 0.3) is 0 Å². The van der Waals surface area contributed by atoms with Gasteiger partial charge in [0.05, 0.1) is 12.6 Å². The molecule has 1 unspecified atom stereocenters. The number of aromatic carboxylic acids is 1. The van der Waals surface area contributed by atoms with E-state index in [9.17, 15) is 4.79 Å². The van der Waals surface area contributed by atoms with Crippen LogP contribution in [-0.4, -0.2) is 47.3 Å². The van der Waals surface area contributed by atoms with Crippen LogP contribution < -0.4 is 0 Å². The summed E-state index contributed by atoms with van der Waals surface area (Å²) < 4.78 is 10.3. The number of likely N-dealkylation sites (tertiary alicyclic amines) is 1. The Kier molecular flexibility index (Phi) is 3.21. The third-order valence-corrected chi connectivity index (χ3v) is 2.69. The minimum atomic E-state index is -1.06. The van der Waals surface area contributed by atoms with Gasteiger partial charge < -0.3 is 14.3 Å². The number of oxazole rings is 1. The average molecular weight is 226 g/mol. The largest absolute Gasteiger partial charge is 0.476 e. The molecule has 1 aromatic heterocycles. The molecule has 16 heavy (non-hydrogen) atoms. The molecule has 0 aliphatic carbocycles. The van der Waals surface area contributed by atoms with Crippen molar-refractivity contribution in [3.63, 3.8) is 0 Å². The number of hydrogen-bond acceptors (Lipinski definition) is 5. The van der Waals surface area contributed by atoms with Crippen LogP contribution in [0.1, 0.15) is 22.8 Å². The van der Waals surface area contributed by atoms with Gasteiger partial charge in [0.15, 0.2) is 5.69 Å². The predicted molar refractivity (Wildman–Crippen MR) is 54.2 cm³/mol. The molecule has 0 radical (unpaired) electrons. The van der Waals surface area contributed by atoms with E-state index in [2.05, 4.69) is 9.88 Å². The molecule has 6 heteroatoms. The van der Waals surface area contributed by atoms with Gasteiger partial charge >= 0.3 is 5.97 Å². The lowest BCUT2D eigenvalue weighted by atomic mass is 10.3. The van der Waals surface area contributed by atoms with Crippen molar-refractivity contribution in [1.29, 1.82) is 0 Å². The monoisotopic (exact) mass is 226 g/mol. The fourth-order valence-electron chi connectivity index (χ4n) is 1.81. The van der Waals surface area contributed by atoms with Crippen molar-refractivity contribution in [2.24, 2.45) is 0 Å². The zero-order chi connectivity index (χ0) is 11.5. The molecule has 1 aliphatic rings. The Morgan fingerprint density at radius 2 is 2.62 bits per heavy atom. The van der Waals surface area contributed by atoms with Gasteiger partial charge in [0.1, 0.15) is 6.26 Å². The van der Waals surface area contributed by atoms with Gasteiger partial charge in [-0.3, -0.25) is 4.90 Å². The van der Waals surface area contributed by atoms with Crippen molar-refractivity contribution in [2.45, 2.75) is 19.1 Å². The molecule has 88 valence electrons. The van der Waals surface area contributed by atoms with Crippen LogP contribution in [0.25, 0.3) is 0 Å². The molecule has 0 saturated carbocycles. The van der Waals surface area contributed by atoms with Gasteiger partial charge in [-0.1, -0.05) is 0 Å². The molecular weight excluding hydrogens is 212 g/mol. The molecule has 1 fully saturated rings. The highest BCUT2D eigenvalue weighted by Crippen LogP contribution is 2.15. The number of carboxylic acids is 1. The summed E-state index contributed by atoms with van der Waals surface area (Å²) in [6.45, 7) is 2.29. The fourth-order valence-corrected chi connectivity index (χ4v) is 1.81. The number of methoxy groups -OCH3 is 1. The number of rotatable bonds is 4. The third-order valence-electron chi connectivity index (χ3n) is 2.69. The van der Waals surface area contributed by atoms with E-state index < -0.39 is 5.97 Å². The zero-order valence-electron chi connectivity index (χ0n) is 9.05. The first kappa shape index (κ1) is 11.1. The Labute approximate surface area is 92.8 Å². The van der Waals surface area contributed by atoms with E-state index >= 15 is 0 Å². The second-order valence-corrected chi connectivity index (χ2v) is 3.81. The van der Waals surface area contributed by atoms with Gasteiger partial charge in [-0.15, -0.1) is 0 Å². The van der Waals surface area contributed by atoms with Gasteiger partial charge in [0, 0.05) is 20.2 Å². The number of ether oxygens (including phenoxy) is 1. The Hall–Kier alpha value is -1.40. The third kappa shape index (κ3) is 2.40. The minimum Gasteiger partial charge on any atom is -0.476 e. The first-order chi connectivity index (χ1) is 7.69. The molecule has 1 aliphatic heterocycles. The van der Waals surface area contributed by atoms with Crippen molar-refractivity contribution in [2.75, 3.05) is 20.2 Å². The lowest BCUT2D eigenvalue weighted by molar-refractivity contribution is 0.0690. The summed E-state index contributed by atoms with van der Waals surface area (Å²) in [4.78, 5) is 16.6. The van der Waals surface area contributed by atoms with E-state index in [-0.39, 0.29) is 11.8 Å². The highest BCUT2D eigenvalue weighted by molar-refractivity contribution is 5.84. The Morgan fingerprint density at radius 3 is 3.19 bits per heavy atom. The van der Waals surface area contributed by atoms with Crippen LogP contribution in [0.5, 0.6) is 0 Å². The Bertz CT molecular complexity index is 377. The fraction of sp³-hybridized carbons (Fsp3) is 0.600. The summed E-state index contributed by atoms with van der Waals surface area (Å²) in [5.74, 6) is -0.625. The van der Waals surface area contributed by atoms with Gasteiger partial charge in [-0.25, -0.2) is 9.78 Å². The first-order valence-electron chi connectivity index (χ1n) is 5.12. The topological polar surface area (TPSA) is 75.8 Å². The van der Waals surface area contributed by atoms with Crippen LogP contribution in [-0.2, 0) is 11.3 Å². The molecular formula is C10H14N2O4. The quantitative estimate of drug-likeness (QED) is 0.810. The normalized spacial score (nSPS) is 21.4. The summed E-state index contributed by atoms with van der Waals surface area (Å²) in [6.07, 6.45) is 2.42. The second-order valence-electron chi connectivity index (χ2n) is 3.81. The van der Waals surface area contributed by atoms with Crippen LogP contribution in [0.4, 0.5) is 0 Å². The Balaban J connectivity index is 1.92. The summed E-state index contributed by atoms with van der Waals surface area (Å²) in [7, 11) is 1.70. The standard InChI is InChI=1S/C10H14N2O4/c1-15-7-2-3-12(4-7)5-9-11-8(6-16-9)10(13)14/h6-7H,2-5H2,1H3,(H,13,14). The maximum atomic E-state index is 10.6. The molecule has 6 nitrogen and oxygen atoms in total. The van der Waals surface area contributed by atoms with Crippen LogP contribution in [0, 0.1) is 0 Å². The number of hydrogen-bond donors (Lipinski definition) is 1. The van der Waals surface area contributed by atoms with E-state index in [1.807, 2.05) is 0 Å². The van der Waals surface area contributed by atoms with Crippen LogP contribution in [0.2, 0.25) is 0 Å². The highest BCUT2D eigenvalue weighted by atomic mass is 16.5. The lowest BCUT2D eigenvalue weighted by Crippen LogP contribution is -2.22. The predicted octanol–water partition coefficient (Wildman–Crippen LogP) is 0.593. The van der Waals surface area contributed by atoms with E-state index in [1.54, 1.807) is 7.11 Å². The Morgan fingerprint density at radius 1 is 1.81 bits per heavy atom. The molecule has 0 spiro atoms. The average Bonchev–Trinajstić information content (AvgIpc) is 2.87. The maximum absolute atomic E-state index is 10.6. The summed E-state index contributed by atoms with van der Waals surface area (Å²) in [5.41, 5.74) is -0.0440. The molecule has 0 aromatic carbocycles. The van der Waals surface area contributed by atoms with Crippen LogP contribution >= 0.6 is 0 Å². The summed E-state index contributed by atoms with van der Waals surface area (Å²) in [5, 5.41) is 8.68. The number of carbonyl (C=O) groups is 1. The molecule has 0 amide bonds. The molecule has 0 bridgehead atoms. The minimum absolute atomic E-state index is 0.0440.